The summed E-state index contributed by atoms with van der Waals surface area (Å²) in [6.45, 7) is 19.1. The Labute approximate surface area is 109 Å². The van der Waals surface area contributed by atoms with E-state index in [0.717, 1.165) is 19.0 Å². The number of nitrogens with two attached hydrogens (primary N) is 1. The van der Waals surface area contributed by atoms with Crippen molar-refractivity contribution < 1.29 is 0 Å². The zero-order valence-corrected chi connectivity index (χ0v) is 13.1. The van der Waals surface area contributed by atoms with E-state index in [1.807, 2.05) is 0 Å². The van der Waals surface area contributed by atoms with Crippen LogP contribution in [0.2, 0.25) is 0 Å². The molecule has 0 spiro atoms. The molecule has 0 atom stereocenters. The summed E-state index contributed by atoms with van der Waals surface area (Å²) in [6, 6.07) is 0. The van der Waals surface area contributed by atoms with Crippen LogP contribution >= 0.6 is 0 Å². The maximum absolute atomic E-state index is 6.29. The first-order valence-electron chi connectivity index (χ1n) is 7.19. The molecule has 0 rings (SSSR count). The van der Waals surface area contributed by atoms with Crippen LogP contribution in [0, 0.1) is 11.3 Å². The molecule has 0 aliphatic carbocycles. The van der Waals surface area contributed by atoms with Gasteiger partial charge in [0.25, 0.3) is 0 Å². The molecule has 104 valence electrons. The first kappa shape index (κ1) is 16.9. The van der Waals surface area contributed by atoms with Crippen molar-refractivity contribution in [3.8, 4) is 0 Å². The van der Waals surface area contributed by atoms with Crippen LogP contribution in [-0.2, 0) is 0 Å². The highest BCUT2D eigenvalue weighted by atomic mass is 15.1. The second kappa shape index (κ2) is 6.75. The van der Waals surface area contributed by atoms with Crippen molar-refractivity contribution in [2.45, 2.75) is 66.8 Å². The molecular formula is C15H34N2. The van der Waals surface area contributed by atoms with Crippen molar-refractivity contribution in [3.05, 3.63) is 0 Å². The fourth-order valence-electron chi connectivity index (χ4n) is 1.98. The van der Waals surface area contributed by atoms with Gasteiger partial charge in [0.05, 0.1) is 0 Å². The highest BCUT2D eigenvalue weighted by molar-refractivity contribution is 4.92. The Kier molecular flexibility index (Phi) is 6.71. The Hall–Kier alpha value is -0.0800. The fourth-order valence-corrected chi connectivity index (χ4v) is 1.98. The van der Waals surface area contributed by atoms with E-state index in [9.17, 15) is 0 Å². The van der Waals surface area contributed by atoms with E-state index in [1.54, 1.807) is 0 Å². The summed E-state index contributed by atoms with van der Waals surface area (Å²) in [4.78, 5) is 2.56. The minimum atomic E-state index is -0.131. The summed E-state index contributed by atoms with van der Waals surface area (Å²) in [6.07, 6.45) is 2.55. The van der Waals surface area contributed by atoms with Gasteiger partial charge in [0, 0.05) is 18.6 Å². The third-order valence-corrected chi connectivity index (χ3v) is 4.48. The average Bonchev–Trinajstić information content (AvgIpc) is 2.22. The van der Waals surface area contributed by atoms with Crippen LogP contribution in [0.1, 0.15) is 61.3 Å². The molecule has 0 aliphatic rings. The molecule has 0 saturated carbocycles. The van der Waals surface area contributed by atoms with Crippen molar-refractivity contribution in [3.63, 3.8) is 0 Å². The molecule has 0 bridgehead atoms. The Balaban J connectivity index is 4.50. The molecule has 0 saturated heterocycles. The lowest BCUT2D eigenvalue weighted by atomic mass is 9.74. The smallest absolute Gasteiger partial charge is 0.0161 e. The van der Waals surface area contributed by atoms with Gasteiger partial charge in [-0.1, -0.05) is 47.5 Å². The average molecular weight is 242 g/mol. The molecule has 0 aromatic rings. The van der Waals surface area contributed by atoms with Crippen LogP contribution in [0.15, 0.2) is 0 Å². The highest BCUT2D eigenvalue weighted by Crippen LogP contribution is 2.29. The zero-order valence-electron chi connectivity index (χ0n) is 13.1. The van der Waals surface area contributed by atoms with Crippen molar-refractivity contribution in [1.82, 2.24) is 4.90 Å². The summed E-state index contributed by atoms with van der Waals surface area (Å²) in [7, 11) is 0. The summed E-state index contributed by atoms with van der Waals surface area (Å²) in [5.74, 6) is 0.826. The SMILES string of the molecule is CCC(CC)CN(CC)CC(C)(C)C(C)(C)N. The molecule has 0 unspecified atom stereocenters. The molecule has 0 radical (unpaired) electrons. The summed E-state index contributed by atoms with van der Waals surface area (Å²) >= 11 is 0. The maximum atomic E-state index is 6.29. The third-order valence-electron chi connectivity index (χ3n) is 4.48. The van der Waals surface area contributed by atoms with Gasteiger partial charge in [0.1, 0.15) is 0 Å². The zero-order chi connectivity index (χ0) is 13.7. The molecule has 17 heavy (non-hydrogen) atoms. The van der Waals surface area contributed by atoms with Gasteiger partial charge in [-0.2, -0.15) is 0 Å². The van der Waals surface area contributed by atoms with Gasteiger partial charge < -0.3 is 10.6 Å². The van der Waals surface area contributed by atoms with Crippen LogP contribution in [0.4, 0.5) is 0 Å². The number of hydrogen-bond donors (Lipinski definition) is 1. The van der Waals surface area contributed by atoms with Crippen molar-refractivity contribution in [1.29, 1.82) is 0 Å². The Morgan fingerprint density at radius 1 is 1.00 bits per heavy atom. The van der Waals surface area contributed by atoms with Crippen LogP contribution in [-0.4, -0.2) is 30.1 Å². The van der Waals surface area contributed by atoms with Crippen molar-refractivity contribution >= 4 is 0 Å². The quantitative estimate of drug-likeness (QED) is 0.706. The molecule has 2 N–H and O–H groups in total. The second-order valence-corrected chi connectivity index (χ2v) is 6.62. The molecule has 0 aliphatic heterocycles. The lowest BCUT2D eigenvalue weighted by Crippen LogP contribution is -2.53. The third kappa shape index (κ3) is 5.39. The van der Waals surface area contributed by atoms with Gasteiger partial charge in [-0.05, 0) is 31.7 Å². The molecule has 0 fully saturated rings. The Morgan fingerprint density at radius 2 is 1.47 bits per heavy atom. The molecule has 0 amide bonds. The molecule has 2 nitrogen and oxygen atoms in total. The van der Waals surface area contributed by atoms with E-state index in [1.165, 1.54) is 19.4 Å². The van der Waals surface area contributed by atoms with E-state index in [-0.39, 0.29) is 11.0 Å². The Bertz CT molecular complexity index is 199. The Morgan fingerprint density at radius 3 is 1.76 bits per heavy atom. The monoisotopic (exact) mass is 242 g/mol. The first-order valence-corrected chi connectivity index (χ1v) is 7.19. The summed E-state index contributed by atoms with van der Waals surface area (Å²) < 4.78 is 0. The predicted molar refractivity (Wildman–Crippen MR) is 78.2 cm³/mol. The minimum absolute atomic E-state index is 0.131. The minimum Gasteiger partial charge on any atom is -0.325 e. The molecule has 0 heterocycles. The topological polar surface area (TPSA) is 29.3 Å². The van der Waals surface area contributed by atoms with E-state index in [2.05, 4.69) is 53.4 Å². The lowest BCUT2D eigenvalue weighted by molar-refractivity contribution is 0.103. The number of hydrogen-bond acceptors (Lipinski definition) is 2. The van der Waals surface area contributed by atoms with Gasteiger partial charge in [0.15, 0.2) is 0 Å². The van der Waals surface area contributed by atoms with Gasteiger partial charge in [0.2, 0.25) is 0 Å². The van der Waals surface area contributed by atoms with E-state index in [4.69, 9.17) is 5.73 Å². The first-order chi connectivity index (χ1) is 7.67. The van der Waals surface area contributed by atoms with Crippen LogP contribution in [0.5, 0.6) is 0 Å². The van der Waals surface area contributed by atoms with Crippen LogP contribution in [0.3, 0.4) is 0 Å². The van der Waals surface area contributed by atoms with E-state index in [0.29, 0.717) is 0 Å². The molecule has 0 aromatic carbocycles. The van der Waals surface area contributed by atoms with Gasteiger partial charge in [-0.3, -0.25) is 0 Å². The fraction of sp³-hybridized carbons (Fsp3) is 1.00. The van der Waals surface area contributed by atoms with E-state index < -0.39 is 0 Å². The number of rotatable bonds is 8. The van der Waals surface area contributed by atoms with E-state index >= 15 is 0 Å². The van der Waals surface area contributed by atoms with Crippen LogP contribution in [0.25, 0.3) is 0 Å². The predicted octanol–water partition coefficient (Wildman–Crippen LogP) is 3.51. The lowest BCUT2D eigenvalue weighted by Gasteiger charge is -2.42. The molecule has 2 heteroatoms. The van der Waals surface area contributed by atoms with Crippen molar-refractivity contribution in [2.75, 3.05) is 19.6 Å². The molecular weight excluding hydrogens is 208 g/mol. The van der Waals surface area contributed by atoms with Crippen molar-refractivity contribution in [2.24, 2.45) is 17.1 Å². The summed E-state index contributed by atoms with van der Waals surface area (Å²) in [5.41, 5.74) is 6.30. The maximum Gasteiger partial charge on any atom is 0.0161 e. The largest absolute Gasteiger partial charge is 0.325 e. The normalized spacial score (nSPS) is 13.8. The number of nitrogens with zero attached hydrogens (tertiary/aromatic N) is 1. The highest BCUT2D eigenvalue weighted by Gasteiger charge is 2.34. The van der Waals surface area contributed by atoms with Crippen LogP contribution < -0.4 is 5.73 Å². The second-order valence-electron chi connectivity index (χ2n) is 6.62. The standard InChI is InChI=1S/C15H34N2/c1-8-13(9-2)11-17(10-3)12-14(4,5)15(6,7)16/h13H,8-12,16H2,1-7H3. The van der Waals surface area contributed by atoms with Gasteiger partial charge in [-0.15, -0.1) is 0 Å². The molecule has 0 aromatic heterocycles. The van der Waals surface area contributed by atoms with Gasteiger partial charge in [-0.25, -0.2) is 0 Å². The van der Waals surface area contributed by atoms with Gasteiger partial charge >= 0.3 is 0 Å². The summed E-state index contributed by atoms with van der Waals surface area (Å²) in [5, 5.41) is 0.